The number of aliphatic hydroxyl groups is 1. The van der Waals surface area contributed by atoms with Crippen molar-refractivity contribution in [2.24, 2.45) is 0 Å². The molecule has 3 rings (SSSR count). The summed E-state index contributed by atoms with van der Waals surface area (Å²) in [5.74, 6) is 0.875. The summed E-state index contributed by atoms with van der Waals surface area (Å²) in [4.78, 5) is 4.68. The molecular weight excluding hydrogens is 240 g/mol. The highest BCUT2D eigenvalue weighted by Crippen LogP contribution is 2.36. The normalized spacial score (nSPS) is 28.8. The first kappa shape index (κ1) is 12.9. The minimum absolute atomic E-state index is 0.0861. The Balaban J connectivity index is 1.80. The van der Waals surface area contributed by atoms with E-state index >= 15 is 0 Å². The Morgan fingerprint density at radius 1 is 1.21 bits per heavy atom. The van der Waals surface area contributed by atoms with Crippen molar-refractivity contribution in [3.05, 3.63) is 29.3 Å². The Morgan fingerprint density at radius 3 is 2.68 bits per heavy atom. The first-order valence-corrected chi connectivity index (χ1v) is 7.00. The largest absolute Gasteiger partial charge is 0.491 e. The topological polar surface area (TPSA) is 35.9 Å². The molecule has 1 fully saturated rings. The summed E-state index contributed by atoms with van der Waals surface area (Å²) < 4.78 is 5.90. The van der Waals surface area contributed by atoms with Gasteiger partial charge in [-0.25, -0.2) is 0 Å². The summed E-state index contributed by atoms with van der Waals surface area (Å²) in [6.07, 6.45) is -0.438. The minimum atomic E-state index is -0.438. The Morgan fingerprint density at radius 2 is 1.95 bits per heavy atom. The number of piperazine rings is 1. The highest BCUT2D eigenvalue weighted by atomic mass is 16.5. The molecule has 0 radical (unpaired) electrons. The van der Waals surface area contributed by atoms with Crippen LogP contribution in [-0.2, 0) is 0 Å². The van der Waals surface area contributed by atoms with Crippen molar-refractivity contribution in [1.82, 2.24) is 9.80 Å². The van der Waals surface area contributed by atoms with Crippen molar-refractivity contribution >= 4 is 0 Å². The SMILES string of the molecule is Cc1cccc2c1OCC(N1CCN(C)CC1)C2O. The monoisotopic (exact) mass is 262 g/mol. The van der Waals surface area contributed by atoms with Crippen LogP contribution in [0.3, 0.4) is 0 Å². The number of aryl methyl sites for hydroxylation is 1. The van der Waals surface area contributed by atoms with E-state index in [2.05, 4.69) is 16.8 Å². The van der Waals surface area contributed by atoms with Gasteiger partial charge in [0.1, 0.15) is 18.5 Å². The van der Waals surface area contributed by atoms with E-state index in [9.17, 15) is 5.11 Å². The maximum atomic E-state index is 10.6. The number of likely N-dealkylation sites (N-methyl/N-ethyl adjacent to an activating group) is 1. The van der Waals surface area contributed by atoms with E-state index in [1.807, 2.05) is 25.1 Å². The molecule has 0 amide bonds. The van der Waals surface area contributed by atoms with Crippen LogP contribution >= 0.6 is 0 Å². The zero-order valence-corrected chi connectivity index (χ0v) is 11.7. The number of aliphatic hydroxyl groups excluding tert-OH is 1. The molecule has 0 saturated carbocycles. The van der Waals surface area contributed by atoms with Gasteiger partial charge in [0.2, 0.25) is 0 Å². The van der Waals surface area contributed by atoms with Gasteiger partial charge in [-0.3, -0.25) is 4.90 Å². The van der Waals surface area contributed by atoms with Gasteiger partial charge in [0.15, 0.2) is 0 Å². The smallest absolute Gasteiger partial charge is 0.128 e. The molecular formula is C15H22N2O2. The molecule has 2 atom stereocenters. The summed E-state index contributed by atoms with van der Waals surface area (Å²) in [6.45, 7) is 6.74. The van der Waals surface area contributed by atoms with Crippen LogP contribution in [0.2, 0.25) is 0 Å². The molecule has 2 aliphatic rings. The zero-order chi connectivity index (χ0) is 13.4. The first-order valence-electron chi connectivity index (χ1n) is 7.00. The molecule has 0 spiro atoms. The fourth-order valence-electron chi connectivity index (χ4n) is 3.03. The summed E-state index contributed by atoms with van der Waals surface area (Å²) in [5, 5.41) is 10.6. The average Bonchev–Trinajstić information content (AvgIpc) is 2.42. The van der Waals surface area contributed by atoms with Gasteiger partial charge in [-0.2, -0.15) is 0 Å². The molecule has 19 heavy (non-hydrogen) atoms. The number of para-hydroxylation sites is 1. The van der Waals surface area contributed by atoms with E-state index < -0.39 is 6.10 Å². The zero-order valence-electron chi connectivity index (χ0n) is 11.7. The molecule has 1 saturated heterocycles. The third-order valence-electron chi connectivity index (χ3n) is 4.33. The van der Waals surface area contributed by atoms with Crippen molar-refractivity contribution in [1.29, 1.82) is 0 Å². The molecule has 104 valence electrons. The van der Waals surface area contributed by atoms with E-state index in [0.717, 1.165) is 43.1 Å². The molecule has 2 aliphatic heterocycles. The van der Waals surface area contributed by atoms with Crippen molar-refractivity contribution in [3.63, 3.8) is 0 Å². The molecule has 1 N–H and O–H groups in total. The number of fused-ring (bicyclic) bond motifs is 1. The highest BCUT2D eigenvalue weighted by Gasteiger charge is 2.35. The molecule has 1 aromatic rings. The van der Waals surface area contributed by atoms with Crippen molar-refractivity contribution in [3.8, 4) is 5.75 Å². The predicted octanol–water partition coefficient (Wildman–Crippen LogP) is 1.04. The summed E-state index contributed by atoms with van der Waals surface area (Å²) >= 11 is 0. The van der Waals surface area contributed by atoms with Crippen LogP contribution in [0.5, 0.6) is 5.75 Å². The summed E-state index contributed by atoms with van der Waals surface area (Å²) in [6, 6.07) is 6.09. The number of ether oxygens (including phenoxy) is 1. The molecule has 4 heteroatoms. The van der Waals surface area contributed by atoms with Gasteiger partial charge in [-0.1, -0.05) is 18.2 Å². The quantitative estimate of drug-likeness (QED) is 0.820. The average molecular weight is 262 g/mol. The third-order valence-corrected chi connectivity index (χ3v) is 4.33. The molecule has 4 nitrogen and oxygen atoms in total. The second-order valence-corrected chi connectivity index (χ2v) is 5.66. The lowest BCUT2D eigenvalue weighted by Gasteiger charge is -2.42. The molecule has 0 bridgehead atoms. The second kappa shape index (κ2) is 5.12. The molecule has 2 unspecified atom stereocenters. The summed E-state index contributed by atoms with van der Waals surface area (Å²) in [5.41, 5.74) is 2.04. The van der Waals surface area contributed by atoms with E-state index in [1.165, 1.54) is 0 Å². The lowest BCUT2D eigenvalue weighted by Crippen LogP contribution is -2.53. The number of nitrogens with zero attached hydrogens (tertiary/aromatic N) is 2. The molecule has 0 aromatic heterocycles. The first-order chi connectivity index (χ1) is 9.16. The van der Waals surface area contributed by atoms with E-state index in [-0.39, 0.29) is 6.04 Å². The number of benzene rings is 1. The van der Waals surface area contributed by atoms with E-state index in [4.69, 9.17) is 4.74 Å². The fourth-order valence-corrected chi connectivity index (χ4v) is 3.03. The fraction of sp³-hybridized carbons (Fsp3) is 0.600. The van der Waals surface area contributed by atoms with Crippen LogP contribution in [0.25, 0.3) is 0 Å². The highest BCUT2D eigenvalue weighted by molar-refractivity contribution is 5.44. The van der Waals surface area contributed by atoms with Crippen molar-refractivity contribution in [2.75, 3.05) is 39.8 Å². The molecule has 1 aromatic carbocycles. The summed E-state index contributed by atoms with van der Waals surface area (Å²) in [7, 11) is 2.14. The standard InChI is InChI=1S/C15H22N2O2/c1-11-4-3-5-12-14(18)13(10-19-15(11)12)17-8-6-16(2)7-9-17/h3-5,13-14,18H,6-10H2,1-2H3. The van der Waals surface area contributed by atoms with Crippen LogP contribution < -0.4 is 4.74 Å². The Labute approximate surface area is 114 Å². The van der Waals surface area contributed by atoms with E-state index in [0.29, 0.717) is 6.61 Å². The number of hydrogen-bond acceptors (Lipinski definition) is 4. The Hall–Kier alpha value is -1.10. The lowest BCUT2D eigenvalue weighted by molar-refractivity contribution is -0.0143. The van der Waals surface area contributed by atoms with Crippen LogP contribution in [0.4, 0.5) is 0 Å². The van der Waals surface area contributed by atoms with Crippen molar-refractivity contribution < 1.29 is 9.84 Å². The number of hydrogen-bond donors (Lipinski definition) is 1. The predicted molar refractivity (Wildman–Crippen MR) is 74.5 cm³/mol. The van der Waals surface area contributed by atoms with Gasteiger partial charge in [0.25, 0.3) is 0 Å². The Kier molecular flexibility index (Phi) is 3.48. The second-order valence-electron chi connectivity index (χ2n) is 5.66. The van der Waals surface area contributed by atoms with E-state index in [1.54, 1.807) is 0 Å². The van der Waals surface area contributed by atoms with Gasteiger partial charge < -0.3 is 14.7 Å². The van der Waals surface area contributed by atoms with Gasteiger partial charge >= 0.3 is 0 Å². The van der Waals surface area contributed by atoms with Gasteiger partial charge in [-0.15, -0.1) is 0 Å². The van der Waals surface area contributed by atoms with Crippen molar-refractivity contribution in [2.45, 2.75) is 19.1 Å². The third kappa shape index (κ3) is 2.36. The van der Waals surface area contributed by atoms with Crippen LogP contribution in [0.1, 0.15) is 17.2 Å². The number of rotatable bonds is 1. The van der Waals surface area contributed by atoms with Crippen LogP contribution in [0, 0.1) is 6.92 Å². The van der Waals surface area contributed by atoms with Gasteiger partial charge in [0, 0.05) is 31.7 Å². The molecule has 2 heterocycles. The molecule has 0 aliphatic carbocycles. The maximum absolute atomic E-state index is 10.6. The minimum Gasteiger partial charge on any atom is -0.491 e. The lowest BCUT2D eigenvalue weighted by atomic mass is 9.95. The maximum Gasteiger partial charge on any atom is 0.128 e. The Bertz CT molecular complexity index is 455. The van der Waals surface area contributed by atoms with Gasteiger partial charge in [-0.05, 0) is 19.5 Å². The van der Waals surface area contributed by atoms with Gasteiger partial charge in [0.05, 0.1) is 6.04 Å². The van der Waals surface area contributed by atoms with Crippen LogP contribution in [0.15, 0.2) is 18.2 Å². The van der Waals surface area contributed by atoms with Crippen LogP contribution in [-0.4, -0.2) is 60.8 Å².